The summed E-state index contributed by atoms with van der Waals surface area (Å²) < 4.78 is 19.9. The molecule has 1 saturated heterocycles. The monoisotopic (exact) mass is 458 g/mol. The first-order valence-corrected chi connectivity index (χ1v) is 11.4. The van der Waals surface area contributed by atoms with Crippen LogP contribution in [-0.2, 0) is 17.7 Å². The summed E-state index contributed by atoms with van der Waals surface area (Å²) in [4.78, 5) is 26.4. The van der Waals surface area contributed by atoms with Gasteiger partial charge in [-0.2, -0.15) is 0 Å². The van der Waals surface area contributed by atoms with Gasteiger partial charge in [0.2, 0.25) is 5.75 Å². The van der Waals surface area contributed by atoms with Gasteiger partial charge in [0.05, 0.1) is 13.2 Å². The first-order valence-electron chi connectivity index (χ1n) is 9.80. The van der Waals surface area contributed by atoms with E-state index in [0.717, 1.165) is 28.4 Å². The van der Waals surface area contributed by atoms with E-state index in [1.807, 2.05) is 0 Å². The molecule has 0 unspecified atom stereocenters. The van der Waals surface area contributed by atoms with Crippen molar-refractivity contribution in [2.75, 3.05) is 26.3 Å². The van der Waals surface area contributed by atoms with E-state index in [0.29, 0.717) is 36.1 Å². The van der Waals surface area contributed by atoms with Crippen molar-refractivity contribution in [1.82, 2.24) is 19.3 Å². The molecule has 0 spiro atoms. The fraction of sp³-hybridized carbons (Fsp3) is 0.286. The standard InChI is InChI=1S/C21H19FN4O3S2/c22-14-3-1-13(2-4-14)9-15-10-23-19(30-15)17-18(27)20(28)26-12-16(31-21(26)24-17)11-25-5-7-29-8-6-25/h1-4,10,12,27H,5-9,11H2. The Morgan fingerprint density at radius 3 is 2.68 bits per heavy atom. The Kier molecular flexibility index (Phi) is 5.53. The Morgan fingerprint density at radius 2 is 1.90 bits per heavy atom. The van der Waals surface area contributed by atoms with E-state index in [4.69, 9.17) is 4.74 Å². The van der Waals surface area contributed by atoms with E-state index in [2.05, 4.69) is 14.9 Å². The number of hydrogen-bond acceptors (Lipinski definition) is 8. The minimum atomic E-state index is -0.500. The number of fused-ring (bicyclic) bond motifs is 1. The Bertz CT molecular complexity index is 1280. The maximum atomic E-state index is 13.1. The van der Waals surface area contributed by atoms with E-state index < -0.39 is 11.3 Å². The second-order valence-corrected chi connectivity index (χ2v) is 9.50. The highest BCUT2D eigenvalue weighted by Gasteiger charge is 2.20. The molecule has 7 nitrogen and oxygen atoms in total. The molecule has 1 aliphatic heterocycles. The van der Waals surface area contributed by atoms with Gasteiger partial charge in [0, 0.05) is 48.2 Å². The number of morpholine rings is 1. The van der Waals surface area contributed by atoms with Crippen LogP contribution in [0, 0.1) is 5.82 Å². The van der Waals surface area contributed by atoms with Crippen LogP contribution in [0.3, 0.4) is 0 Å². The maximum absolute atomic E-state index is 13.1. The van der Waals surface area contributed by atoms with Crippen molar-refractivity contribution < 1.29 is 14.2 Å². The number of thiazole rings is 2. The molecule has 1 aromatic carbocycles. The summed E-state index contributed by atoms with van der Waals surface area (Å²) in [5.41, 5.74) is 0.648. The molecule has 0 radical (unpaired) electrons. The zero-order chi connectivity index (χ0) is 21.4. The third-order valence-electron chi connectivity index (χ3n) is 5.09. The lowest BCUT2D eigenvalue weighted by molar-refractivity contribution is 0.0346. The number of ether oxygens (including phenoxy) is 1. The van der Waals surface area contributed by atoms with Gasteiger partial charge in [-0.25, -0.2) is 14.4 Å². The van der Waals surface area contributed by atoms with Crippen molar-refractivity contribution in [2.24, 2.45) is 0 Å². The fourth-order valence-corrected chi connectivity index (χ4v) is 5.43. The van der Waals surface area contributed by atoms with Crippen LogP contribution in [0.15, 0.2) is 41.5 Å². The normalized spacial score (nSPS) is 15.0. The second-order valence-electron chi connectivity index (χ2n) is 7.29. The molecule has 10 heteroatoms. The van der Waals surface area contributed by atoms with Crippen LogP contribution in [0.2, 0.25) is 0 Å². The average Bonchev–Trinajstić information content (AvgIpc) is 3.40. The van der Waals surface area contributed by atoms with Crippen LogP contribution >= 0.6 is 22.7 Å². The van der Waals surface area contributed by atoms with E-state index in [1.165, 1.54) is 39.2 Å². The molecule has 160 valence electrons. The summed E-state index contributed by atoms with van der Waals surface area (Å²) in [6.07, 6.45) is 4.03. The van der Waals surface area contributed by atoms with Crippen LogP contribution in [0.5, 0.6) is 5.75 Å². The molecule has 3 aromatic heterocycles. The highest BCUT2D eigenvalue weighted by molar-refractivity contribution is 7.17. The van der Waals surface area contributed by atoms with Gasteiger partial charge in [-0.15, -0.1) is 11.3 Å². The number of hydrogen-bond donors (Lipinski definition) is 1. The summed E-state index contributed by atoms with van der Waals surface area (Å²) in [5, 5.41) is 11.0. The topological polar surface area (TPSA) is 80.0 Å². The van der Waals surface area contributed by atoms with Gasteiger partial charge >= 0.3 is 5.56 Å². The number of rotatable bonds is 5. The Balaban J connectivity index is 1.43. The number of benzene rings is 1. The summed E-state index contributed by atoms with van der Waals surface area (Å²) in [6.45, 7) is 3.83. The highest BCUT2D eigenvalue weighted by atomic mass is 32.1. The average molecular weight is 459 g/mol. The summed E-state index contributed by atoms with van der Waals surface area (Å²) in [7, 11) is 0. The molecule has 1 aliphatic rings. The summed E-state index contributed by atoms with van der Waals surface area (Å²) >= 11 is 2.79. The van der Waals surface area contributed by atoms with Gasteiger partial charge in [0.25, 0.3) is 0 Å². The zero-order valence-electron chi connectivity index (χ0n) is 16.5. The third kappa shape index (κ3) is 4.24. The molecule has 31 heavy (non-hydrogen) atoms. The number of nitrogens with zero attached hydrogens (tertiary/aromatic N) is 4. The minimum absolute atomic E-state index is 0.195. The molecular weight excluding hydrogens is 439 g/mol. The zero-order valence-corrected chi connectivity index (χ0v) is 18.1. The van der Waals surface area contributed by atoms with Gasteiger partial charge in [-0.3, -0.25) is 14.1 Å². The van der Waals surface area contributed by atoms with Crippen molar-refractivity contribution in [3.63, 3.8) is 0 Å². The molecule has 4 heterocycles. The molecule has 1 N–H and O–H groups in total. The van der Waals surface area contributed by atoms with Gasteiger partial charge in [0.1, 0.15) is 16.5 Å². The van der Waals surface area contributed by atoms with Crippen LogP contribution in [0.4, 0.5) is 4.39 Å². The largest absolute Gasteiger partial charge is 0.501 e. The van der Waals surface area contributed by atoms with Crippen molar-refractivity contribution in [2.45, 2.75) is 13.0 Å². The molecule has 0 atom stereocenters. The third-order valence-corrected chi connectivity index (χ3v) is 7.06. The smallest absolute Gasteiger partial charge is 0.301 e. The lowest BCUT2D eigenvalue weighted by atomic mass is 10.1. The van der Waals surface area contributed by atoms with Crippen molar-refractivity contribution in [3.05, 3.63) is 68.1 Å². The van der Waals surface area contributed by atoms with E-state index in [9.17, 15) is 14.3 Å². The maximum Gasteiger partial charge on any atom is 0.301 e. The molecule has 1 fully saturated rings. The van der Waals surface area contributed by atoms with Crippen LogP contribution in [-0.4, -0.2) is 50.7 Å². The fourth-order valence-electron chi connectivity index (χ4n) is 3.48. The Labute approximate surface area is 185 Å². The van der Waals surface area contributed by atoms with Crippen molar-refractivity contribution >= 4 is 27.6 Å². The number of aromatic hydroxyl groups is 1. The summed E-state index contributed by atoms with van der Waals surface area (Å²) in [5.74, 6) is -0.684. The van der Waals surface area contributed by atoms with Crippen LogP contribution < -0.4 is 5.56 Å². The number of halogens is 1. The first kappa shape index (κ1) is 20.3. The highest BCUT2D eigenvalue weighted by Crippen LogP contribution is 2.31. The predicted molar refractivity (Wildman–Crippen MR) is 117 cm³/mol. The summed E-state index contributed by atoms with van der Waals surface area (Å²) in [6, 6.07) is 6.30. The van der Waals surface area contributed by atoms with Crippen molar-refractivity contribution in [1.29, 1.82) is 0 Å². The van der Waals surface area contributed by atoms with E-state index >= 15 is 0 Å². The molecule has 5 rings (SSSR count). The first-order chi connectivity index (χ1) is 15.1. The van der Waals surface area contributed by atoms with Crippen molar-refractivity contribution in [3.8, 4) is 16.5 Å². The van der Waals surface area contributed by atoms with Gasteiger partial charge in [0.15, 0.2) is 4.96 Å². The molecule has 0 saturated carbocycles. The quantitative estimate of drug-likeness (QED) is 0.495. The van der Waals surface area contributed by atoms with Crippen LogP contribution in [0.1, 0.15) is 15.3 Å². The second kappa shape index (κ2) is 8.46. The van der Waals surface area contributed by atoms with Gasteiger partial charge in [-0.1, -0.05) is 23.5 Å². The lowest BCUT2D eigenvalue weighted by Gasteiger charge is -2.25. The molecule has 0 amide bonds. The minimum Gasteiger partial charge on any atom is -0.501 e. The van der Waals surface area contributed by atoms with E-state index in [-0.39, 0.29) is 11.5 Å². The van der Waals surface area contributed by atoms with Gasteiger partial charge < -0.3 is 9.84 Å². The lowest BCUT2D eigenvalue weighted by Crippen LogP contribution is -2.35. The molecular formula is C21H19FN4O3S2. The number of aromatic nitrogens is 3. The Hall–Kier alpha value is -2.66. The molecule has 0 bridgehead atoms. The van der Waals surface area contributed by atoms with Gasteiger partial charge in [-0.05, 0) is 17.7 Å². The van der Waals surface area contributed by atoms with Crippen LogP contribution in [0.25, 0.3) is 15.7 Å². The predicted octanol–water partition coefficient (Wildman–Crippen LogP) is 3.15. The Morgan fingerprint density at radius 1 is 1.13 bits per heavy atom. The molecule has 0 aliphatic carbocycles. The van der Waals surface area contributed by atoms with E-state index in [1.54, 1.807) is 24.5 Å². The molecule has 4 aromatic rings. The SMILES string of the molecule is O=c1c(O)c(-c2ncc(Cc3ccc(F)cc3)s2)nc2sc(CN3CCOCC3)cn12.